The fourth-order valence-electron chi connectivity index (χ4n) is 0. The van der Waals surface area contributed by atoms with Crippen molar-refractivity contribution in [1.82, 2.24) is 0 Å². The van der Waals surface area contributed by atoms with Crippen molar-refractivity contribution in [2.45, 2.75) is 0 Å². The van der Waals surface area contributed by atoms with Crippen LogP contribution < -0.4 is 0 Å². The maximum Gasteiger partial charge on any atom is 0.329 e. The van der Waals surface area contributed by atoms with Crippen LogP contribution in [0.3, 0.4) is 0 Å². The minimum Gasteiger partial charge on any atom is -0.480 e. The van der Waals surface area contributed by atoms with Crippen molar-refractivity contribution in [1.29, 1.82) is 0 Å². The molecule has 4 N–H and O–H groups in total. The molecule has 0 radical (unpaired) electrons. The van der Waals surface area contributed by atoms with Gasteiger partial charge in [-0.3, -0.25) is 0 Å². The van der Waals surface area contributed by atoms with Crippen LogP contribution in [0.4, 0.5) is 0 Å². The van der Waals surface area contributed by atoms with Gasteiger partial charge in [0, 0.05) is 21.1 Å². The van der Waals surface area contributed by atoms with E-state index in [0.717, 1.165) is 0 Å². The number of carboxylic acid groups (broad SMARTS) is 2. The van der Waals surface area contributed by atoms with E-state index in [4.69, 9.17) is 30.0 Å². The van der Waals surface area contributed by atoms with Gasteiger partial charge in [-0.1, -0.05) is 0 Å². The van der Waals surface area contributed by atoms with E-state index in [2.05, 4.69) is 0 Å². The van der Waals surface area contributed by atoms with Gasteiger partial charge in [-0.05, 0) is 0 Å². The van der Waals surface area contributed by atoms with E-state index >= 15 is 0 Å². The van der Waals surface area contributed by atoms with Crippen molar-refractivity contribution in [2.24, 2.45) is 0 Å². The fraction of sp³-hybridized carbons (Fsp3) is 0.500. The average Bonchev–Trinajstić information content (AvgIpc) is 1.89. The molecule has 0 saturated heterocycles. The second kappa shape index (κ2) is 12.2. The quantitative estimate of drug-likeness (QED) is 0.465. The monoisotopic (exact) mass is 347 g/mol. The van der Waals surface area contributed by atoms with E-state index in [1.807, 2.05) is 0 Å². The molecule has 0 aliphatic heterocycles. The van der Waals surface area contributed by atoms with Gasteiger partial charge >= 0.3 is 11.9 Å². The zero-order valence-electron chi connectivity index (χ0n) is 5.34. The van der Waals surface area contributed by atoms with Crippen molar-refractivity contribution in [2.75, 3.05) is 13.2 Å². The molecule has 0 heterocycles. The van der Waals surface area contributed by atoms with Crippen LogP contribution in [0.25, 0.3) is 0 Å². The van der Waals surface area contributed by atoms with Crippen LogP contribution in [0, 0.1) is 0 Å². The third-order valence-electron chi connectivity index (χ3n) is 0.271. The molecule has 7 heteroatoms. The Morgan fingerprint density at radius 1 is 0.909 bits per heavy atom. The van der Waals surface area contributed by atoms with Crippen molar-refractivity contribution in [3.63, 3.8) is 0 Å². The molecule has 0 saturated carbocycles. The zero-order chi connectivity index (χ0) is 8.57. The van der Waals surface area contributed by atoms with Crippen molar-refractivity contribution < 1.29 is 51.1 Å². The molecule has 0 aliphatic rings. The van der Waals surface area contributed by atoms with Gasteiger partial charge in [-0.15, -0.1) is 0 Å². The number of aliphatic carboxylic acids is 2. The molecule has 0 atom stereocenters. The van der Waals surface area contributed by atoms with E-state index in [1.54, 1.807) is 0 Å². The van der Waals surface area contributed by atoms with Crippen LogP contribution in [-0.2, 0) is 30.7 Å². The predicted molar refractivity (Wildman–Crippen MR) is 29.4 cm³/mol. The van der Waals surface area contributed by atoms with Crippen LogP contribution in [0.5, 0.6) is 0 Å². The van der Waals surface area contributed by atoms with Crippen molar-refractivity contribution >= 4 is 11.9 Å². The first-order chi connectivity index (χ1) is 4.54. The molecule has 0 aromatic rings. The number of aliphatic hydroxyl groups excluding tert-OH is 2. The maximum absolute atomic E-state index is 9.12. The molecule has 0 fully saturated rings. The van der Waals surface area contributed by atoms with Gasteiger partial charge in [0.05, 0.1) is 0 Å². The number of rotatable bonds is 2. The number of aliphatic hydroxyl groups is 2. The molecule has 0 amide bonds. The first kappa shape index (κ1) is 16.9. The summed E-state index contributed by atoms with van der Waals surface area (Å²) in [5, 5.41) is 30.0. The van der Waals surface area contributed by atoms with E-state index in [9.17, 15) is 0 Å². The Hall–Kier alpha value is -0.452. The standard InChI is InChI=1S/2C2H4O3.Pt/c2*3-1-2(4)5;/h2*3H,1H2,(H,4,5);. The van der Waals surface area contributed by atoms with E-state index < -0.39 is 25.2 Å². The third kappa shape index (κ3) is 43.2. The first-order valence-electron chi connectivity index (χ1n) is 2.20. The molecule has 11 heavy (non-hydrogen) atoms. The summed E-state index contributed by atoms with van der Waals surface area (Å²) in [5.74, 6) is -2.38. The largest absolute Gasteiger partial charge is 0.480 e. The average molecular weight is 347 g/mol. The molecule has 0 bridgehead atoms. The molecule has 70 valence electrons. The first-order valence-corrected chi connectivity index (χ1v) is 2.20. The Labute approximate surface area is 76.7 Å². The second-order valence-corrected chi connectivity index (χ2v) is 1.10. The van der Waals surface area contributed by atoms with Crippen LogP contribution in [0.2, 0.25) is 0 Å². The summed E-state index contributed by atoms with van der Waals surface area (Å²) in [4.78, 5) is 18.2. The number of hydrogen-bond donors (Lipinski definition) is 4. The molecular formula is C4H8O6Pt. The minimum absolute atomic E-state index is 0. The molecule has 0 aromatic heterocycles. The van der Waals surface area contributed by atoms with E-state index in [1.165, 1.54) is 0 Å². The van der Waals surface area contributed by atoms with Crippen LogP contribution in [0.15, 0.2) is 0 Å². The van der Waals surface area contributed by atoms with Crippen molar-refractivity contribution in [3.05, 3.63) is 0 Å². The summed E-state index contributed by atoms with van der Waals surface area (Å²) >= 11 is 0. The third-order valence-corrected chi connectivity index (χ3v) is 0.271. The van der Waals surface area contributed by atoms with Crippen LogP contribution >= 0.6 is 0 Å². The summed E-state index contributed by atoms with van der Waals surface area (Å²) in [7, 11) is 0. The van der Waals surface area contributed by atoms with E-state index in [-0.39, 0.29) is 21.1 Å². The van der Waals surface area contributed by atoms with Gasteiger partial charge in [-0.25, -0.2) is 9.59 Å². The molecule has 0 rings (SSSR count). The predicted octanol–water partition coefficient (Wildman–Crippen LogP) is -1.88. The SMILES string of the molecule is O=C(O)CO.O=C(O)CO.[Pt]. The van der Waals surface area contributed by atoms with E-state index in [0.29, 0.717) is 0 Å². The Morgan fingerprint density at radius 2 is 1.00 bits per heavy atom. The fourth-order valence-corrected chi connectivity index (χ4v) is 0. The summed E-state index contributed by atoms with van der Waals surface area (Å²) < 4.78 is 0. The summed E-state index contributed by atoms with van der Waals surface area (Å²) in [6, 6.07) is 0. The summed E-state index contributed by atoms with van der Waals surface area (Å²) in [5.41, 5.74) is 0. The Balaban J connectivity index is -0.000000107. The summed E-state index contributed by atoms with van der Waals surface area (Å²) in [6.07, 6.45) is 0. The molecule has 0 spiro atoms. The number of hydrogen-bond acceptors (Lipinski definition) is 4. The molecule has 0 aromatic carbocycles. The smallest absolute Gasteiger partial charge is 0.329 e. The molecule has 0 aliphatic carbocycles. The van der Waals surface area contributed by atoms with Gasteiger partial charge in [0.25, 0.3) is 0 Å². The molecular weight excluding hydrogens is 339 g/mol. The molecule has 6 nitrogen and oxygen atoms in total. The normalized spacial score (nSPS) is 6.73. The van der Waals surface area contributed by atoms with Gasteiger partial charge in [0.2, 0.25) is 0 Å². The maximum atomic E-state index is 9.12. The second-order valence-electron chi connectivity index (χ2n) is 1.10. The number of carboxylic acids is 2. The van der Waals surface area contributed by atoms with Crippen LogP contribution in [-0.4, -0.2) is 45.6 Å². The zero-order valence-corrected chi connectivity index (χ0v) is 7.61. The topological polar surface area (TPSA) is 115 Å². The minimum atomic E-state index is -1.19. The van der Waals surface area contributed by atoms with Crippen LogP contribution in [0.1, 0.15) is 0 Å². The number of carbonyl (C=O) groups is 2. The van der Waals surface area contributed by atoms with Gasteiger partial charge < -0.3 is 20.4 Å². The molecule has 0 unspecified atom stereocenters. The van der Waals surface area contributed by atoms with Crippen molar-refractivity contribution in [3.8, 4) is 0 Å². The summed E-state index contributed by atoms with van der Waals surface area (Å²) in [6.45, 7) is -1.56. The Bertz CT molecular complexity index is 99.1. The Kier molecular flexibility index (Phi) is 18.8. The van der Waals surface area contributed by atoms with Gasteiger partial charge in [-0.2, -0.15) is 0 Å². The van der Waals surface area contributed by atoms with Gasteiger partial charge in [0.15, 0.2) is 0 Å². The van der Waals surface area contributed by atoms with Gasteiger partial charge in [0.1, 0.15) is 13.2 Å². The Morgan fingerprint density at radius 3 is 1.00 bits per heavy atom.